The summed E-state index contributed by atoms with van der Waals surface area (Å²) in [6, 6.07) is 17.4. The van der Waals surface area contributed by atoms with Gasteiger partial charge in [0.1, 0.15) is 11.5 Å². The monoisotopic (exact) mass is 317 g/mol. The number of amides is 1. The molecule has 0 aliphatic carbocycles. The fourth-order valence-electron chi connectivity index (χ4n) is 2.06. The molecule has 116 valence electrons. The molecule has 3 nitrogen and oxygen atoms in total. The van der Waals surface area contributed by atoms with Gasteiger partial charge in [-0.25, -0.2) is 0 Å². The van der Waals surface area contributed by atoms with Crippen LogP contribution in [0.3, 0.4) is 0 Å². The van der Waals surface area contributed by atoms with Crippen molar-refractivity contribution in [2.24, 2.45) is 0 Å². The molecule has 1 amide bonds. The van der Waals surface area contributed by atoms with Gasteiger partial charge >= 0.3 is 0 Å². The first-order chi connectivity index (χ1) is 10.7. The summed E-state index contributed by atoms with van der Waals surface area (Å²) in [5.74, 6) is 2.23. The van der Waals surface area contributed by atoms with Gasteiger partial charge in [-0.05, 0) is 36.2 Å². The van der Waals surface area contributed by atoms with Gasteiger partial charge in [0.25, 0.3) is 0 Å². The zero-order valence-corrected chi connectivity index (χ0v) is 13.4. The first kappa shape index (κ1) is 16.4. The molecule has 0 atom stereocenters. The molecule has 0 fully saturated rings. The van der Waals surface area contributed by atoms with E-state index >= 15 is 0 Å². The van der Waals surface area contributed by atoms with Crippen molar-refractivity contribution >= 4 is 17.5 Å². The maximum absolute atomic E-state index is 11.9. The first-order valence-electron chi connectivity index (χ1n) is 7.31. The van der Waals surface area contributed by atoms with Gasteiger partial charge in [-0.1, -0.05) is 30.3 Å². The largest absolute Gasteiger partial charge is 0.457 e. The van der Waals surface area contributed by atoms with Crippen molar-refractivity contribution in [3.8, 4) is 11.5 Å². The second-order valence-corrected chi connectivity index (χ2v) is 5.48. The Kier molecular flexibility index (Phi) is 6.28. The normalized spacial score (nSPS) is 10.3. The van der Waals surface area contributed by atoms with E-state index in [0.717, 1.165) is 17.1 Å². The molecule has 0 aliphatic rings. The molecular weight excluding hydrogens is 298 g/mol. The van der Waals surface area contributed by atoms with Gasteiger partial charge in [-0.2, -0.15) is 0 Å². The maximum atomic E-state index is 11.9. The third-order valence-electron chi connectivity index (χ3n) is 3.27. The van der Waals surface area contributed by atoms with Gasteiger partial charge in [0.15, 0.2) is 0 Å². The molecule has 22 heavy (non-hydrogen) atoms. The number of halogens is 1. The number of nitrogens with zero attached hydrogens (tertiary/aromatic N) is 1. The molecule has 0 heterocycles. The summed E-state index contributed by atoms with van der Waals surface area (Å²) in [5, 5.41) is 0. The standard InChI is InChI=1S/C18H20ClNO2/c1-20(18(21)8-5-13-19)14-15-9-11-17(12-10-15)22-16-6-3-2-4-7-16/h2-4,6-7,9-12H,5,8,13-14H2,1H3. The average Bonchev–Trinajstić information content (AvgIpc) is 2.55. The minimum atomic E-state index is 0.116. The molecule has 0 N–H and O–H groups in total. The lowest BCUT2D eigenvalue weighted by Crippen LogP contribution is -2.25. The van der Waals surface area contributed by atoms with E-state index in [-0.39, 0.29) is 5.91 Å². The molecule has 0 unspecified atom stereocenters. The minimum Gasteiger partial charge on any atom is -0.457 e. The summed E-state index contributed by atoms with van der Waals surface area (Å²) in [6.07, 6.45) is 1.21. The Bertz CT molecular complexity index is 584. The lowest BCUT2D eigenvalue weighted by Gasteiger charge is -2.17. The molecular formula is C18H20ClNO2. The van der Waals surface area contributed by atoms with E-state index in [9.17, 15) is 4.79 Å². The Morgan fingerprint density at radius 3 is 2.32 bits per heavy atom. The van der Waals surface area contributed by atoms with Gasteiger partial charge in [-0.15, -0.1) is 11.6 Å². The van der Waals surface area contributed by atoms with Crippen molar-refractivity contribution in [1.29, 1.82) is 0 Å². The number of carbonyl (C=O) groups excluding carboxylic acids is 1. The van der Waals surface area contributed by atoms with Crippen LogP contribution in [0, 0.1) is 0 Å². The predicted octanol–water partition coefficient (Wildman–Crippen LogP) is 4.46. The van der Waals surface area contributed by atoms with Crippen LogP contribution in [0.15, 0.2) is 54.6 Å². The molecule has 0 aromatic heterocycles. The van der Waals surface area contributed by atoms with Gasteiger partial charge < -0.3 is 9.64 Å². The van der Waals surface area contributed by atoms with Crippen LogP contribution in [0.4, 0.5) is 0 Å². The number of benzene rings is 2. The summed E-state index contributed by atoms with van der Waals surface area (Å²) in [5.41, 5.74) is 1.07. The highest BCUT2D eigenvalue weighted by Gasteiger charge is 2.08. The number of carbonyl (C=O) groups is 1. The van der Waals surface area contributed by atoms with E-state index in [0.29, 0.717) is 25.3 Å². The summed E-state index contributed by atoms with van der Waals surface area (Å²) >= 11 is 5.61. The van der Waals surface area contributed by atoms with Gasteiger partial charge in [-0.3, -0.25) is 4.79 Å². The summed E-state index contributed by atoms with van der Waals surface area (Å²) in [6.45, 7) is 0.590. The highest BCUT2D eigenvalue weighted by atomic mass is 35.5. The second-order valence-electron chi connectivity index (χ2n) is 5.10. The Hall–Kier alpha value is -2.00. The molecule has 0 saturated heterocycles. The highest BCUT2D eigenvalue weighted by molar-refractivity contribution is 6.17. The predicted molar refractivity (Wildman–Crippen MR) is 89.4 cm³/mol. The lowest BCUT2D eigenvalue weighted by atomic mass is 10.2. The molecule has 0 radical (unpaired) electrons. The quantitative estimate of drug-likeness (QED) is 0.706. The van der Waals surface area contributed by atoms with Crippen molar-refractivity contribution in [3.63, 3.8) is 0 Å². The van der Waals surface area contributed by atoms with Gasteiger partial charge in [0.05, 0.1) is 0 Å². The third-order valence-corrected chi connectivity index (χ3v) is 3.54. The summed E-state index contributed by atoms with van der Waals surface area (Å²) in [7, 11) is 1.81. The van der Waals surface area contributed by atoms with Crippen LogP contribution >= 0.6 is 11.6 Å². The van der Waals surface area contributed by atoms with E-state index in [2.05, 4.69) is 0 Å². The minimum absolute atomic E-state index is 0.116. The van der Waals surface area contributed by atoms with E-state index in [1.807, 2.05) is 61.6 Å². The smallest absolute Gasteiger partial charge is 0.222 e. The van der Waals surface area contributed by atoms with E-state index in [1.165, 1.54) is 0 Å². The van der Waals surface area contributed by atoms with Crippen LogP contribution in [-0.4, -0.2) is 23.7 Å². The van der Waals surface area contributed by atoms with Gasteiger partial charge in [0, 0.05) is 25.9 Å². The fraction of sp³-hybridized carbons (Fsp3) is 0.278. The first-order valence-corrected chi connectivity index (χ1v) is 7.84. The number of ether oxygens (including phenoxy) is 1. The van der Waals surface area contributed by atoms with Crippen LogP contribution in [0.25, 0.3) is 0 Å². The number of para-hydroxylation sites is 1. The molecule has 4 heteroatoms. The Labute approximate surface area is 136 Å². The summed E-state index contributed by atoms with van der Waals surface area (Å²) < 4.78 is 5.74. The zero-order chi connectivity index (χ0) is 15.8. The van der Waals surface area contributed by atoms with Crippen LogP contribution in [0.5, 0.6) is 11.5 Å². The molecule has 2 rings (SSSR count). The fourth-order valence-corrected chi connectivity index (χ4v) is 2.19. The third kappa shape index (κ3) is 5.08. The molecule has 0 aliphatic heterocycles. The van der Waals surface area contributed by atoms with Crippen LogP contribution in [0.1, 0.15) is 18.4 Å². The Morgan fingerprint density at radius 1 is 1.05 bits per heavy atom. The Morgan fingerprint density at radius 2 is 1.68 bits per heavy atom. The Balaban J connectivity index is 1.90. The zero-order valence-electron chi connectivity index (χ0n) is 12.7. The summed E-state index contributed by atoms with van der Waals surface area (Å²) in [4.78, 5) is 13.6. The van der Waals surface area contributed by atoms with Crippen molar-refractivity contribution in [1.82, 2.24) is 4.90 Å². The van der Waals surface area contributed by atoms with E-state index in [4.69, 9.17) is 16.3 Å². The van der Waals surface area contributed by atoms with Crippen molar-refractivity contribution in [2.75, 3.05) is 12.9 Å². The van der Waals surface area contributed by atoms with Crippen molar-refractivity contribution in [2.45, 2.75) is 19.4 Å². The maximum Gasteiger partial charge on any atom is 0.222 e. The molecule has 0 bridgehead atoms. The second kappa shape index (κ2) is 8.44. The SMILES string of the molecule is CN(Cc1ccc(Oc2ccccc2)cc1)C(=O)CCCCl. The topological polar surface area (TPSA) is 29.5 Å². The molecule has 0 saturated carbocycles. The highest BCUT2D eigenvalue weighted by Crippen LogP contribution is 2.21. The van der Waals surface area contributed by atoms with Crippen LogP contribution in [0.2, 0.25) is 0 Å². The number of rotatable bonds is 7. The van der Waals surface area contributed by atoms with E-state index in [1.54, 1.807) is 4.90 Å². The lowest BCUT2D eigenvalue weighted by molar-refractivity contribution is -0.130. The van der Waals surface area contributed by atoms with Crippen molar-refractivity contribution in [3.05, 3.63) is 60.2 Å². The number of alkyl halides is 1. The number of hydrogen-bond acceptors (Lipinski definition) is 2. The molecule has 2 aromatic rings. The van der Waals surface area contributed by atoms with Crippen LogP contribution < -0.4 is 4.74 Å². The van der Waals surface area contributed by atoms with Gasteiger partial charge in [0.2, 0.25) is 5.91 Å². The van der Waals surface area contributed by atoms with E-state index < -0.39 is 0 Å². The molecule has 2 aromatic carbocycles. The average molecular weight is 318 g/mol. The van der Waals surface area contributed by atoms with Crippen LogP contribution in [-0.2, 0) is 11.3 Å². The number of hydrogen-bond donors (Lipinski definition) is 0. The molecule has 0 spiro atoms. The van der Waals surface area contributed by atoms with Crippen molar-refractivity contribution < 1.29 is 9.53 Å².